The fraction of sp³-hybridized carbons (Fsp3) is 0.455. The monoisotopic (exact) mass is 226 g/mol. The standard InChI is InChI=1S/C11H15Br/c1-8-4-5-11(7-10(3)12)9(2)6-8/h4-6,10H,7H2,1-3H3. The van der Waals surface area contributed by atoms with Crippen molar-refractivity contribution in [3.8, 4) is 0 Å². The molecule has 0 fully saturated rings. The zero-order valence-electron chi connectivity index (χ0n) is 7.89. The van der Waals surface area contributed by atoms with Gasteiger partial charge in [-0.05, 0) is 31.4 Å². The molecule has 0 saturated heterocycles. The van der Waals surface area contributed by atoms with E-state index in [0.29, 0.717) is 4.83 Å². The van der Waals surface area contributed by atoms with E-state index in [1.54, 1.807) is 0 Å². The molecule has 1 heteroatoms. The van der Waals surface area contributed by atoms with E-state index in [1.165, 1.54) is 16.7 Å². The van der Waals surface area contributed by atoms with Crippen molar-refractivity contribution in [3.05, 3.63) is 34.9 Å². The fourth-order valence-electron chi connectivity index (χ4n) is 1.38. The average Bonchev–Trinajstić information content (AvgIpc) is 1.94. The lowest BCUT2D eigenvalue weighted by Gasteiger charge is -2.07. The third kappa shape index (κ3) is 2.63. The Morgan fingerprint density at radius 1 is 1.33 bits per heavy atom. The Bertz CT molecular complexity index is 264. The third-order valence-electron chi connectivity index (χ3n) is 2.00. The molecule has 0 bridgehead atoms. The van der Waals surface area contributed by atoms with E-state index in [1.807, 2.05) is 0 Å². The van der Waals surface area contributed by atoms with Crippen LogP contribution in [0.3, 0.4) is 0 Å². The molecule has 0 aliphatic carbocycles. The van der Waals surface area contributed by atoms with Gasteiger partial charge in [0.2, 0.25) is 0 Å². The number of halogens is 1. The molecule has 1 aromatic carbocycles. The molecule has 66 valence electrons. The van der Waals surface area contributed by atoms with Gasteiger partial charge in [-0.1, -0.05) is 46.6 Å². The van der Waals surface area contributed by atoms with Crippen molar-refractivity contribution in [1.29, 1.82) is 0 Å². The van der Waals surface area contributed by atoms with Crippen LogP contribution in [0.2, 0.25) is 0 Å². The van der Waals surface area contributed by atoms with Crippen LogP contribution in [-0.2, 0) is 6.42 Å². The maximum Gasteiger partial charge on any atom is 0.0158 e. The predicted octanol–water partition coefficient (Wildman–Crippen LogP) is 3.63. The van der Waals surface area contributed by atoms with E-state index in [2.05, 4.69) is 54.9 Å². The zero-order chi connectivity index (χ0) is 9.14. The lowest BCUT2D eigenvalue weighted by molar-refractivity contribution is 0.947. The van der Waals surface area contributed by atoms with Crippen LogP contribution >= 0.6 is 15.9 Å². The van der Waals surface area contributed by atoms with Crippen LogP contribution < -0.4 is 0 Å². The Labute approximate surface area is 83.1 Å². The van der Waals surface area contributed by atoms with Gasteiger partial charge in [0.15, 0.2) is 0 Å². The fourth-order valence-corrected chi connectivity index (χ4v) is 1.73. The molecule has 0 radical (unpaired) electrons. The first-order chi connectivity index (χ1) is 5.59. The summed E-state index contributed by atoms with van der Waals surface area (Å²) in [5, 5.41) is 0. The Morgan fingerprint density at radius 2 is 2.00 bits per heavy atom. The van der Waals surface area contributed by atoms with Crippen molar-refractivity contribution >= 4 is 15.9 Å². The zero-order valence-corrected chi connectivity index (χ0v) is 9.48. The van der Waals surface area contributed by atoms with Crippen LogP contribution in [-0.4, -0.2) is 4.83 Å². The second-order valence-electron chi connectivity index (χ2n) is 3.41. The molecule has 0 heterocycles. The molecule has 1 aromatic rings. The normalized spacial score (nSPS) is 13.0. The van der Waals surface area contributed by atoms with Gasteiger partial charge in [-0.3, -0.25) is 0 Å². The van der Waals surface area contributed by atoms with Crippen LogP contribution in [0, 0.1) is 13.8 Å². The molecule has 0 aliphatic rings. The second-order valence-corrected chi connectivity index (χ2v) is 4.98. The molecule has 0 saturated carbocycles. The number of hydrogen-bond acceptors (Lipinski definition) is 0. The van der Waals surface area contributed by atoms with E-state index in [-0.39, 0.29) is 0 Å². The molecule has 0 aliphatic heterocycles. The highest BCUT2D eigenvalue weighted by Gasteiger charge is 2.01. The summed E-state index contributed by atoms with van der Waals surface area (Å²) >= 11 is 3.56. The van der Waals surface area contributed by atoms with Crippen LogP contribution in [0.5, 0.6) is 0 Å². The van der Waals surface area contributed by atoms with Crippen LogP contribution in [0.1, 0.15) is 23.6 Å². The summed E-state index contributed by atoms with van der Waals surface area (Å²) in [6, 6.07) is 6.64. The lowest BCUT2D eigenvalue weighted by Crippen LogP contribution is -1.98. The van der Waals surface area contributed by atoms with Crippen molar-refractivity contribution in [2.24, 2.45) is 0 Å². The molecule has 1 rings (SSSR count). The summed E-state index contributed by atoms with van der Waals surface area (Å²) in [4.78, 5) is 0.568. The maximum absolute atomic E-state index is 3.56. The number of hydrogen-bond donors (Lipinski definition) is 0. The van der Waals surface area contributed by atoms with Gasteiger partial charge in [-0.2, -0.15) is 0 Å². The predicted molar refractivity (Wildman–Crippen MR) is 58.0 cm³/mol. The van der Waals surface area contributed by atoms with Crippen molar-refractivity contribution in [2.45, 2.75) is 32.0 Å². The maximum atomic E-state index is 3.56. The smallest absolute Gasteiger partial charge is 0.0158 e. The Balaban J connectivity index is 2.86. The van der Waals surface area contributed by atoms with Gasteiger partial charge >= 0.3 is 0 Å². The first-order valence-electron chi connectivity index (χ1n) is 4.30. The number of rotatable bonds is 2. The highest BCUT2D eigenvalue weighted by molar-refractivity contribution is 9.09. The molecular formula is C11H15Br. The first kappa shape index (κ1) is 9.79. The van der Waals surface area contributed by atoms with Gasteiger partial charge in [0, 0.05) is 4.83 Å². The molecule has 0 N–H and O–H groups in total. The minimum absolute atomic E-state index is 0.568. The minimum Gasteiger partial charge on any atom is -0.0890 e. The van der Waals surface area contributed by atoms with E-state index < -0.39 is 0 Å². The van der Waals surface area contributed by atoms with E-state index >= 15 is 0 Å². The summed E-state index contributed by atoms with van der Waals surface area (Å²) in [5.74, 6) is 0. The van der Waals surface area contributed by atoms with E-state index in [4.69, 9.17) is 0 Å². The average molecular weight is 227 g/mol. The number of benzene rings is 1. The largest absolute Gasteiger partial charge is 0.0890 e. The summed E-state index contributed by atoms with van der Waals surface area (Å²) in [6.07, 6.45) is 1.12. The van der Waals surface area contributed by atoms with Gasteiger partial charge in [-0.15, -0.1) is 0 Å². The summed E-state index contributed by atoms with van der Waals surface area (Å²) in [6.45, 7) is 6.49. The summed E-state index contributed by atoms with van der Waals surface area (Å²) in [7, 11) is 0. The molecular weight excluding hydrogens is 212 g/mol. The van der Waals surface area contributed by atoms with Crippen molar-refractivity contribution < 1.29 is 0 Å². The van der Waals surface area contributed by atoms with Crippen molar-refractivity contribution in [2.75, 3.05) is 0 Å². The molecule has 1 atom stereocenters. The lowest BCUT2D eigenvalue weighted by atomic mass is 10.0. The van der Waals surface area contributed by atoms with E-state index in [9.17, 15) is 0 Å². The van der Waals surface area contributed by atoms with E-state index in [0.717, 1.165) is 6.42 Å². The number of alkyl halides is 1. The van der Waals surface area contributed by atoms with Crippen LogP contribution in [0.15, 0.2) is 18.2 Å². The van der Waals surface area contributed by atoms with Crippen LogP contribution in [0.4, 0.5) is 0 Å². The quantitative estimate of drug-likeness (QED) is 0.677. The highest BCUT2D eigenvalue weighted by atomic mass is 79.9. The highest BCUT2D eigenvalue weighted by Crippen LogP contribution is 2.15. The summed E-state index contributed by atoms with van der Waals surface area (Å²) in [5.41, 5.74) is 4.20. The van der Waals surface area contributed by atoms with Gasteiger partial charge in [-0.25, -0.2) is 0 Å². The Hall–Kier alpha value is -0.300. The van der Waals surface area contributed by atoms with Gasteiger partial charge < -0.3 is 0 Å². The second kappa shape index (κ2) is 4.08. The van der Waals surface area contributed by atoms with Gasteiger partial charge in [0.25, 0.3) is 0 Å². The molecule has 0 nitrogen and oxygen atoms in total. The molecule has 1 unspecified atom stereocenters. The van der Waals surface area contributed by atoms with Crippen molar-refractivity contribution in [3.63, 3.8) is 0 Å². The molecule has 12 heavy (non-hydrogen) atoms. The third-order valence-corrected chi connectivity index (χ3v) is 2.32. The van der Waals surface area contributed by atoms with Crippen LogP contribution in [0.25, 0.3) is 0 Å². The molecule has 0 amide bonds. The minimum atomic E-state index is 0.568. The molecule has 0 aromatic heterocycles. The number of aryl methyl sites for hydroxylation is 2. The van der Waals surface area contributed by atoms with Gasteiger partial charge in [0.05, 0.1) is 0 Å². The van der Waals surface area contributed by atoms with Crippen molar-refractivity contribution in [1.82, 2.24) is 0 Å². The first-order valence-corrected chi connectivity index (χ1v) is 5.21. The summed E-state index contributed by atoms with van der Waals surface area (Å²) < 4.78 is 0. The Kier molecular flexibility index (Phi) is 3.33. The van der Waals surface area contributed by atoms with Gasteiger partial charge in [0.1, 0.15) is 0 Å². The molecule has 0 spiro atoms. The Morgan fingerprint density at radius 3 is 2.50 bits per heavy atom. The topological polar surface area (TPSA) is 0 Å². The SMILES string of the molecule is Cc1ccc(CC(C)Br)c(C)c1.